The zero-order valence-electron chi connectivity index (χ0n) is 20.6. The number of aromatic amines is 1. The number of carbonyl (C=O) groups is 1. The number of pyridine rings is 1. The molecule has 5 aromatic rings. The normalized spacial score (nSPS) is 13.2. The number of rotatable bonds is 7. The van der Waals surface area contributed by atoms with Crippen molar-refractivity contribution in [2.24, 2.45) is 5.84 Å². The summed E-state index contributed by atoms with van der Waals surface area (Å²) in [6.45, 7) is 0. The van der Waals surface area contributed by atoms with Gasteiger partial charge < -0.3 is 10.3 Å². The second-order valence-corrected chi connectivity index (χ2v) is 10.3. The molecule has 40 heavy (non-hydrogen) atoms. The van der Waals surface area contributed by atoms with E-state index in [4.69, 9.17) is 5.84 Å². The summed E-state index contributed by atoms with van der Waals surface area (Å²) in [5.74, 6) is 3.87. The van der Waals surface area contributed by atoms with E-state index in [0.717, 1.165) is 21.3 Å². The third-order valence-electron chi connectivity index (χ3n) is 6.40. The number of hydrogen-bond donors (Lipinski definition) is 4. The van der Waals surface area contributed by atoms with E-state index in [0.29, 0.717) is 22.8 Å². The highest BCUT2D eigenvalue weighted by Crippen LogP contribution is 2.39. The van der Waals surface area contributed by atoms with Gasteiger partial charge in [-0.05, 0) is 82.2 Å². The van der Waals surface area contributed by atoms with Gasteiger partial charge in [0.25, 0.3) is 5.91 Å². The Bertz CT molecular complexity index is 1670. The van der Waals surface area contributed by atoms with Crippen LogP contribution in [0.4, 0.5) is 23.5 Å². The molecular formula is C28H21F4IN6O. The van der Waals surface area contributed by atoms with Gasteiger partial charge in [0.2, 0.25) is 5.95 Å². The van der Waals surface area contributed by atoms with Crippen LogP contribution < -0.4 is 16.6 Å². The highest BCUT2D eigenvalue weighted by molar-refractivity contribution is 14.1. The minimum absolute atomic E-state index is 0.000964. The fourth-order valence-corrected chi connectivity index (χ4v) is 4.87. The lowest BCUT2D eigenvalue weighted by Gasteiger charge is -2.36. The van der Waals surface area contributed by atoms with Crippen LogP contribution in [0, 0.1) is 9.39 Å². The number of carbonyl (C=O) groups excluding carboxylic acids is 1. The summed E-state index contributed by atoms with van der Waals surface area (Å²) in [6.07, 6.45) is -3.11. The van der Waals surface area contributed by atoms with Crippen molar-refractivity contribution in [3.8, 4) is 0 Å². The van der Waals surface area contributed by atoms with Gasteiger partial charge in [0.1, 0.15) is 11.4 Å². The summed E-state index contributed by atoms with van der Waals surface area (Å²) in [6, 6.07) is 19.7. The molecule has 0 aliphatic heterocycles. The number of imidazole rings is 1. The van der Waals surface area contributed by atoms with Gasteiger partial charge in [-0.2, -0.15) is 13.2 Å². The molecule has 0 unspecified atom stereocenters. The molecule has 3 aromatic carbocycles. The van der Waals surface area contributed by atoms with Crippen molar-refractivity contribution in [2.45, 2.75) is 18.1 Å². The monoisotopic (exact) mass is 660 g/mol. The average molecular weight is 660 g/mol. The van der Waals surface area contributed by atoms with E-state index in [9.17, 15) is 22.4 Å². The highest BCUT2D eigenvalue weighted by atomic mass is 127. The van der Waals surface area contributed by atoms with E-state index in [-0.39, 0.29) is 23.5 Å². The summed E-state index contributed by atoms with van der Waals surface area (Å²) in [4.78, 5) is 24.2. The quantitative estimate of drug-likeness (QED) is 0.0570. The number of halogens is 5. The van der Waals surface area contributed by atoms with E-state index in [1.165, 1.54) is 6.07 Å². The first kappa shape index (κ1) is 27.5. The number of hydrogen-bond acceptors (Lipinski definition) is 5. The largest absolute Gasteiger partial charge is 0.416 e. The Morgan fingerprint density at radius 3 is 2.40 bits per heavy atom. The first-order valence-electron chi connectivity index (χ1n) is 11.9. The lowest BCUT2D eigenvalue weighted by molar-refractivity contribution is -0.137. The first-order chi connectivity index (χ1) is 19.1. The predicted octanol–water partition coefficient (Wildman–Crippen LogP) is 5.92. The lowest BCUT2D eigenvalue weighted by Crippen LogP contribution is -2.40. The van der Waals surface area contributed by atoms with Gasteiger partial charge >= 0.3 is 6.18 Å². The summed E-state index contributed by atoms with van der Waals surface area (Å²) in [5.41, 5.74) is 1.77. The maximum absolute atomic E-state index is 14.8. The van der Waals surface area contributed by atoms with Gasteiger partial charge in [-0.1, -0.05) is 30.3 Å². The van der Waals surface area contributed by atoms with E-state index in [1.54, 1.807) is 42.6 Å². The number of amides is 1. The third kappa shape index (κ3) is 5.63. The number of aromatic nitrogens is 3. The zero-order chi connectivity index (χ0) is 28.5. The molecule has 0 aliphatic rings. The summed E-state index contributed by atoms with van der Waals surface area (Å²) >= 11 is 2.08. The molecule has 0 saturated carbocycles. The number of benzene rings is 3. The summed E-state index contributed by atoms with van der Waals surface area (Å²) in [7, 11) is 0. The standard InChI is InChI=1S/C28H21F4IN6O/c29-20-12-18(11-19(13-20)28(30,31)32)27(14-16-4-2-1-3-5-16,24-9-7-21(33)15-35-24)38-26-36-22-8-6-17(25(40)39-34)10-23(22)37-26/h1-13,15H,14,34H2,(H,39,40)(H2,36,37,38)/t27-/m1/s1. The molecule has 1 atom stereocenters. The molecule has 0 aliphatic carbocycles. The van der Waals surface area contributed by atoms with Crippen molar-refractivity contribution >= 4 is 45.5 Å². The Hall–Kier alpha value is -4.04. The smallest absolute Gasteiger partial charge is 0.340 e. The van der Waals surface area contributed by atoms with Crippen LogP contribution in [0.3, 0.4) is 0 Å². The maximum Gasteiger partial charge on any atom is 0.416 e. The van der Waals surface area contributed by atoms with Crippen molar-refractivity contribution in [1.82, 2.24) is 20.4 Å². The Balaban J connectivity index is 1.74. The Morgan fingerprint density at radius 2 is 1.73 bits per heavy atom. The molecule has 0 bridgehead atoms. The minimum Gasteiger partial charge on any atom is -0.340 e. The fraction of sp³-hybridized carbons (Fsp3) is 0.107. The number of nitrogens with two attached hydrogens (primary N) is 1. The van der Waals surface area contributed by atoms with Gasteiger partial charge in [-0.15, -0.1) is 0 Å². The van der Waals surface area contributed by atoms with Crippen LogP contribution in [-0.2, 0) is 18.1 Å². The van der Waals surface area contributed by atoms with Crippen LogP contribution in [0.1, 0.15) is 32.7 Å². The van der Waals surface area contributed by atoms with E-state index in [1.807, 2.05) is 18.2 Å². The van der Waals surface area contributed by atoms with Crippen LogP contribution in [-0.4, -0.2) is 20.9 Å². The topological polar surface area (TPSA) is 109 Å². The fourth-order valence-electron chi connectivity index (χ4n) is 4.55. The van der Waals surface area contributed by atoms with Gasteiger partial charge in [0, 0.05) is 21.8 Å². The van der Waals surface area contributed by atoms with Crippen molar-refractivity contribution < 1.29 is 22.4 Å². The van der Waals surface area contributed by atoms with E-state index < -0.39 is 29.0 Å². The Kier molecular flexibility index (Phi) is 7.47. The summed E-state index contributed by atoms with van der Waals surface area (Å²) < 4.78 is 57.2. The summed E-state index contributed by atoms with van der Waals surface area (Å²) in [5, 5.41) is 3.26. The molecule has 0 spiro atoms. The first-order valence-corrected chi connectivity index (χ1v) is 13.0. The molecule has 204 valence electrons. The van der Waals surface area contributed by atoms with E-state index in [2.05, 4.69) is 48.3 Å². The number of nitrogens with zero attached hydrogens (tertiary/aromatic N) is 2. The van der Waals surface area contributed by atoms with Crippen LogP contribution in [0.5, 0.6) is 0 Å². The molecule has 12 heteroatoms. The molecule has 0 fully saturated rings. The minimum atomic E-state index is -4.78. The molecule has 2 aromatic heterocycles. The molecule has 7 nitrogen and oxygen atoms in total. The van der Waals surface area contributed by atoms with Crippen LogP contribution >= 0.6 is 22.6 Å². The Morgan fingerprint density at radius 1 is 0.975 bits per heavy atom. The maximum atomic E-state index is 14.8. The molecule has 0 radical (unpaired) electrons. The van der Waals surface area contributed by atoms with Crippen molar-refractivity contribution in [2.75, 3.05) is 5.32 Å². The van der Waals surface area contributed by atoms with Crippen molar-refractivity contribution in [1.29, 1.82) is 0 Å². The number of H-pyrrole nitrogens is 1. The number of nitrogen functional groups attached to an aromatic ring is 1. The molecule has 5 rings (SSSR count). The van der Waals surface area contributed by atoms with Gasteiger partial charge in [-0.3, -0.25) is 15.2 Å². The van der Waals surface area contributed by atoms with Gasteiger partial charge in [0.15, 0.2) is 0 Å². The van der Waals surface area contributed by atoms with Crippen molar-refractivity contribution in [3.63, 3.8) is 0 Å². The molecular weight excluding hydrogens is 639 g/mol. The number of fused-ring (bicyclic) bond motifs is 1. The number of alkyl halides is 3. The van der Waals surface area contributed by atoms with Gasteiger partial charge in [0.05, 0.1) is 22.3 Å². The Labute approximate surface area is 239 Å². The third-order valence-corrected chi connectivity index (χ3v) is 7.04. The van der Waals surface area contributed by atoms with E-state index >= 15 is 0 Å². The number of hydrazine groups is 1. The zero-order valence-corrected chi connectivity index (χ0v) is 22.7. The second-order valence-electron chi connectivity index (χ2n) is 9.07. The van der Waals surface area contributed by atoms with Gasteiger partial charge in [-0.25, -0.2) is 15.2 Å². The highest BCUT2D eigenvalue weighted by Gasteiger charge is 2.40. The van der Waals surface area contributed by atoms with Crippen molar-refractivity contribution in [3.05, 3.63) is 122 Å². The molecule has 2 heterocycles. The van der Waals surface area contributed by atoms with Crippen LogP contribution in [0.25, 0.3) is 11.0 Å². The average Bonchev–Trinajstić information content (AvgIpc) is 3.33. The SMILES string of the molecule is NNC(=O)c1ccc2nc(N[C@](Cc3ccccc3)(c3cc(F)cc(C(F)(F)F)c3)c3ccc(I)cn3)[nH]c2c1. The second kappa shape index (κ2) is 10.8. The predicted molar refractivity (Wildman–Crippen MR) is 151 cm³/mol. The number of nitrogens with one attached hydrogen (secondary N) is 3. The van der Waals surface area contributed by atoms with Crippen LogP contribution in [0.2, 0.25) is 0 Å². The molecule has 1 amide bonds. The lowest BCUT2D eigenvalue weighted by atomic mass is 9.80. The molecule has 0 saturated heterocycles. The number of anilines is 1. The molecule has 5 N–H and O–H groups in total. The van der Waals surface area contributed by atoms with Crippen LogP contribution in [0.15, 0.2) is 85.1 Å².